The quantitative estimate of drug-likeness (QED) is 0.638. The summed E-state index contributed by atoms with van der Waals surface area (Å²) in [6.07, 6.45) is -4.03. The van der Waals surface area contributed by atoms with Gasteiger partial charge in [-0.3, -0.25) is 4.79 Å². The summed E-state index contributed by atoms with van der Waals surface area (Å²) in [7, 11) is 0. The predicted molar refractivity (Wildman–Crippen MR) is 99.3 cm³/mol. The van der Waals surface area contributed by atoms with Crippen LogP contribution in [0.15, 0.2) is 60.7 Å². The van der Waals surface area contributed by atoms with Crippen molar-refractivity contribution in [2.45, 2.75) is 19.0 Å². The number of amides is 1. The number of carboxylic acid groups (broad SMARTS) is 1. The van der Waals surface area contributed by atoms with E-state index >= 15 is 0 Å². The molecule has 0 fully saturated rings. The first-order valence-corrected chi connectivity index (χ1v) is 8.46. The van der Waals surface area contributed by atoms with E-state index in [1.165, 1.54) is 18.2 Å². The van der Waals surface area contributed by atoms with Gasteiger partial charge in [0.1, 0.15) is 0 Å². The molecule has 7 heteroatoms. The highest BCUT2D eigenvalue weighted by molar-refractivity contribution is 6.00. The number of fused-ring (bicyclic) bond motifs is 1. The molecular formula is C21H16F3NO3. The van der Waals surface area contributed by atoms with Crippen LogP contribution in [0.4, 0.5) is 18.9 Å². The van der Waals surface area contributed by atoms with Gasteiger partial charge < -0.3 is 10.4 Å². The number of hydrogen-bond acceptors (Lipinski definition) is 2. The normalized spacial score (nSPS) is 11.4. The minimum absolute atomic E-state index is 0.0127. The first-order chi connectivity index (χ1) is 13.2. The van der Waals surface area contributed by atoms with Gasteiger partial charge in [0.25, 0.3) is 0 Å². The van der Waals surface area contributed by atoms with Gasteiger partial charge in [-0.1, -0.05) is 36.4 Å². The number of rotatable bonds is 5. The van der Waals surface area contributed by atoms with Crippen LogP contribution in [-0.4, -0.2) is 17.0 Å². The van der Waals surface area contributed by atoms with E-state index in [1.54, 1.807) is 30.3 Å². The van der Waals surface area contributed by atoms with Crippen LogP contribution >= 0.6 is 0 Å². The van der Waals surface area contributed by atoms with Crippen LogP contribution in [0.5, 0.6) is 0 Å². The number of para-hydroxylation sites is 1. The van der Waals surface area contributed by atoms with Crippen LogP contribution in [0.2, 0.25) is 0 Å². The minimum Gasteiger partial charge on any atom is -0.478 e. The summed E-state index contributed by atoms with van der Waals surface area (Å²) in [6.45, 7) is 0. The van der Waals surface area contributed by atoms with E-state index in [2.05, 4.69) is 5.32 Å². The summed E-state index contributed by atoms with van der Waals surface area (Å²) in [5.74, 6) is -1.52. The van der Waals surface area contributed by atoms with Crippen LogP contribution in [0.1, 0.15) is 27.9 Å². The number of anilines is 1. The van der Waals surface area contributed by atoms with Crippen molar-refractivity contribution >= 4 is 28.3 Å². The molecule has 3 rings (SSSR count). The van der Waals surface area contributed by atoms with Gasteiger partial charge >= 0.3 is 12.1 Å². The van der Waals surface area contributed by atoms with Gasteiger partial charge in [-0.25, -0.2) is 4.79 Å². The second-order valence-electron chi connectivity index (χ2n) is 6.29. The number of nitrogens with one attached hydrogen (secondary N) is 1. The summed E-state index contributed by atoms with van der Waals surface area (Å²) in [5, 5.41) is 12.8. The molecule has 0 radical (unpaired) electrons. The van der Waals surface area contributed by atoms with Crippen molar-refractivity contribution in [1.82, 2.24) is 0 Å². The molecule has 0 aliphatic rings. The molecular weight excluding hydrogens is 371 g/mol. The fourth-order valence-electron chi connectivity index (χ4n) is 2.88. The zero-order chi connectivity index (χ0) is 20.3. The summed E-state index contributed by atoms with van der Waals surface area (Å²) in [4.78, 5) is 23.3. The van der Waals surface area contributed by atoms with E-state index in [9.17, 15) is 22.8 Å². The highest BCUT2D eigenvalue weighted by Crippen LogP contribution is 2.31. The lowest BCUT2D eigenvalue weighted by molar-refractivity contribution is -0.137. The lowest BCUT2D eigenvalue weighted by Gasteiger charge is -2.10. The van der Waals surface area contributed by atoms with Gasteiger partial charge in [0.2, 0.25) is 5.91 Å². The monoisotopic (exact) mass is 387 g/mol. The maximum atomic E-state index is 12.9. The molecule has 0 unspecified atom stereocenters. The second kappa shape index (κ2) is 7.72. The average molecular weight is 387 g/mol. The Morgan fingerprint density at radius 1 is 0.929 bits per heavy atom. The third-order valence-corrected chi connectivity index (χ3v) is 4.30. The fourth-order valence-corrected chi connectivity index (χ4v) is 2.88. The van der Waals surface area contributed by atoms with Gasteiger partial charge in [-0.15, -0.1) is 0 Å². The summed E-state index contributed by atoms with van der Waals surface area (Å²) < 4.78 is 38.6. The molecule has 144 valence electrons. The third kappa shape index (κ3) is 4.49. The van der Waals surface area contributed by atoms with E-state index in [4.69, 9.17) is 5.11 Å². The maximum Gasteiger partial charge on any atom is 0.416 e. The average Bonchev–Trinajstić information content (AvgIpc) is 2.65. The Balaban J connectivity index is 1.71. The fraction of sp³-hybridized carbons (Fsp3) is 0.143. The van der Waals surface area contributed by atoms with Crippen molar-refractivity contribution in [3.8, 4) is 0 Å². The molecule has 0 aliphatic carbocycles. The molecule has 28 heavy (non-hydrogen) atoms. The van der Waals surface area contributed by atoms with Crippen molar-refractivity contribution in [2.75, 3.05) is 5.32 Å². The lowest BCUT2D eigenvalue weighted by atomic mass is 10.0. The first-order valence-electron chi connectivity index (χ1n) is 8.46. The van der Waals surface area contributed by atoms with Crippen LogP contribution < -0.4 is 5.32 Å². The number of halogens is 3. The molecule has 4 nitrogen and oxygen atoms in total. The molecule has 2 N–H and O–H groups in total. The maximum absolute atomic E-state index is 12.9. The van der Waals surface area contributed by atoms with Gasteiger partial charge in [-0.2, -0.15) is 13.2 Å². The van der Waals surface area contributed by atoms with Crippen molar-refractivity contribution in [3.63, 3.8) is 0 Å². The van der Waals surface area contributed by atoms with Gasteiger partial charge in [0, 0.05) is 6.42 Å². The highest BCUT2D eigenvalue weighted by Gasteiger charge is 2.30. The number of carboxylic acids is 1. The number of alkyl halides is 3. The van der Waals surface area contributed by atoms with E-state index in [1.807, 2.05) is 0 Å². The Morgan fingerprint density at radius 3 is 2.36 bits per heavy atom. The van der Waals surface area contributed by atoms with Crippen LogP contribution in [-0.2, 0) is 17.4 Å². The van der Waals surface area contributed by atoms with Gasteiger partial charge in [-0.05, 0) is 47.0 Å². The van der Waals surface area contributed by atoms with Crippen molar-refractivity contribution < 1.29 is 27.9 Å². The van der Waals surface area contributed by atoms with Crippen LogP contribution in [0.3, 0.4) is 0 Å². The topological polar surface area (TPSA) is 66.4 Å². The molecule has 0 atom stereocenters. The Morgan fingerprint density at radius 2 is 1.64 bits per heavy atom. The molecule has 0 spiro atoms. The molecule has 0 saturated heterocycles. The van der Waals surface area contributed by atoms with E-state index in [0.29, 0.717) is 22.8 Å². The Kier molecular flexibility index (Phi) is 5.35. The largest absolute Gasteiger partial charge is 0.478 e. The van der Waals surface area contributed by atoms with E-state index in [-0.39, 0.29) is 23.6 Å². The molecule has 1 amide bonds. The van der Waals surface area contributed by atoms with Crippen molar-refractivity contribution in [1.29, 1.82) is 0 Å². The third-order valence-electron chi connectivity index (χ3n) is 4.30. The Labute approximate surface area is 158 Å². The highest BCUT2D eigenvalue weighted by atomic mass is 19.4. The summed E-state index contributed by atoms with van der Waals surface area (Å²) in [6, 6.07) is 14.7. The smallest absolute Gasteiger partial charge is 0.416 e. The van der Waals surface area contributed by atoms with Crippen molar-refractivity contribution in [2.24, 2.45) is 0 Å². The van der Waals surface area contributed by atoms with E-state index in [0.717, 1.165) is 12.1 Å². The zero-order valence-electron chi connectivity index (χ0n) is 14.6. The Hall–Kier alpha value is -3.35. The Bertz CT molecular complexity index is 1040. The molecule has 0 heterocycles. The van der Waals surface area contributed by atoms with Crippen LogP contribution in [0.25, 0.3) is 10.8 Å². The number of aromatic carboxylic acids is 1. The summed E-state index contributed by atoms with van der Waals surface area (Å²) >= 11 is 0. The first kappa shape index (κ1) is 19.4. The zero-order valence-corrected chi connectivity index (χ0v) is 14.6. The molecule has 0 bridgehead atoms. The predicted octanol–water partition coefficient (Wildman–Crippen LogP) is 5.13. The molecule has 0 aliphatic heterocycles. The van der Waals surface area contributed by atoms with Gasteiger partial charge in [0.15, 0.2) is 0 Å². The lowest BCUT2D eigenvalue weighted by Crippen LogP contribution is -2.15. The second-order valence-corrected chi connectivity index (χ2v) is 6.29. The minimum atomic E-state index is -4.42. The standard InChI is InChI=1S/C21H16F3NO3/c22-21(23,24)16-9-8-14-7-5-13(11-15(14)12-16)6-10-19(26)25-18-4-2-1-3-17(18)20(27)28/h1-5,7-9,11-12H,6,10H2,(H,25,26)(H,27,28). The molecule has 3 aromatic rings. The van der Waals surface area contributed by atoms with E-state index < -0.39 is 17.7 Å². The SMILES string of the molecule is O=C(CCc1ccc2ccc(C(F)(F)F)cc2c1)Nc1ccccc1C(=O)O. The molecule has 0 saturated carbocycles. The number of aryl methyl sites for hydroxylation is 1. The number of carbonyl (C=O) groups excluding carboxylic acids is 1. The summed E-state index contributed by atoms with van der Waals surface area (Å²) in [5.41, 5.74) is 0.184. The number of carbonyl (C=O) groups is 2. The van der Waals surface area contributed by atoms with Crippen LogP contribution in [0, 0.1) is 0 Å². The molecule has 0 aromatic heterocycles. The number of benzene rings is 3. The van der Waals surface area contributed by atoms with Gasteiger partial charge in [0.05, 0.1) is 16.8 Å². The number of hydrogen-bond donors (Lipinski definition) is 2. The molecule has 3 aromatic carbocycles. The van der Waals surface area contributed by atoms with Crippen molar-refractivity contribution in [3.05, 3.63) is 77.4 Å².